The van der Waals surface area contributed by atoms with Crippen molar-refractivity contribution in [2.24, 2.45) is 0 Å². The molecule has 0 aliphatic carbocycles. The van der Waals surface area contributed by atoms with Gasteiger partial charge < -0.3 is 0 Å². The van der Waals surface area contributed by atoms with Crippen LogP contribution in [0.2, 0.25) is 0 Å². The molecule has 1 unspecified atom stereocenters. The van der Waals surface area contributed by atoms with Crippen LogP contribution in [0.1, 0.15) is 43.7 Å². The van der Waals surface area contributed by atoms with Crippen molar-refractivity contribution in [3.8, 4) is 0 Å². The second kappa shape index (κ2) is 7.17. The van der Waals surface area contributed by atoms with Crippen LogP contribution in [0.3, 0.4) is 0 Å². The maximum Gasteiger partial charge on any atom is 0.416 e. The molecule has 1 atom stereocenters. The van der Waals surface area contributed by atoms with Crippen molar-refractivity contribution >= 4 is 15.9 Å². The van der Waals surface area contributed by atoms with Gasteiger partial charge in [-0.25, -0.2) is 0 Å². The van der Waals surface area contributed by atoms with E-state index in [4.69, 9.17) is 0 Å². The fourth-order valence-electron chi connectivity index (χ4n) is 1.85. The SMILES string of the molecule is CCCC(Br)CCCc1ccc(C(F)(F)F)cc1. The molecule has 4 heteroatoms. The van der Waals surface area contributed by atoms with Crippen molar-refractivity contribution < 1.29 is 13.2 Å². The number of hydrogen-bond acceptors (Lipinski definition) is 0. The summed E-state index contributed by atoms with van der Waals surface area (Å²) in [5, 5.41) is 0. The first kappa shape index (κ1) is 15.5. The zero-order valence-electron chi connectivity index (χ0n) is 10.4. The van der Waals surface area contributed by atoms with Gasteiger partial charge in [0.15, 0.2) is 0 Å². The quantitative estimate of drug-likeness (QED) is 0.599. The molecule has 1 rings (SSSR count). The summed E-state index contributed by atoms with van der Waals surface area (Å²) in [5.41, 5.74) is 0.398. The number of benzene rings is 1. The largest absolute Gasteiger partial charge is 0.416 e. The monoisotopic (exact) mass is 322 g/mol. The third-order valence-electron chi connectivity index (χ3n) is 2.87. The molecule has 0 bridgehead atoms. The predicted octanol–water partition coefficient (Wildman–Crippen LogP) is 5.59. The normalized spacial score (nSPS) is 13.6. The highest BCUT2D eigenvalue weighted by atomic mass is 79.9. The fourth-order valence-corrected chi connectivity index (χ4v) is 2.63. The summed E-state index contributed by atoms with van der Waals surface area (Å²) in [6.45, 7) is 2.14. The Morgan fingerprint density at radius 3 is 2.22 bits per heavy atom. The molecule has 0 aliphatic rings. The maximum atomic E-state index is 12.4. The van der Waals surface area contributed by atoms with E-state index in [2.05, 4.69) is 22.9 Å². The van der Waals surface area contributed by atoms with Crippen molar-refractivity contribution in [3.63, 3.8) is 0 Å². The van der Waals surface area contributed by atoms with E-state index in [0.717, 1.165) is 49.8 Å². The lowest BCUT2D eigenvalue weighted by atomic mass is 10.0. The Balaban J connectivity index is 2.40. The van der Waals surface area contributed by atoms with Crippen LogP contribution >= 0.6 is 15.9 Å². The molecule has 102 valence electrons. The summed E-state index contributed by atoms with van der Waals surface area (Å²) >= 11 is 3.60. The van der Waals surface area contributed by atoms with E-state index < -0.39 is 11.7 Å². The molecule has 0 radical (unpaired) electrons. The van der Waals surface area contributed by atoms with Crippen LogP contribution in [0.5, 0.6) is 0 Å². The minimum Gasteiger partial charge on any atom is -0.166 e. The molecule has 0 nitrogen and oxygen atoms in total. The van der Waals surface area contributed by atoms with E-state index in [1.165, 1.54) is 0 Å². The number of hydrogen-bond donors (Lipinski definition) is 0. The lowest BCUT2D eigenvalue weighted by Crippen LogP contribution is -2.04. The van der Waals surface area contributed by atoms with Crippen LogP contribution in [0.25, 0.3) is 0 Å². The molecular formula is C14H18BrF3. The molecule has 0 spiro atoms. The Bertz CT molecular complexity index is 343. The molecule has 0 saturated heterocycles. The van der Waals surface area contributed by atoms with Crippen LogP contribution in [0.15, 0.2) is 24.3 Å². The Morgan fingerprint density at radius 2 is 1.72 bits per heavy atom. The molecule has 0 fully saturated rings. The van der Waals surface area contributed by atoms with Gasteiger partial charge in [-0.2, -0.15) is 13.2 Å². The van der Waals surface area contributed by atoms with Gasteiger partial charge >= 0.3 is 6.18 Å². The van der Waals surface area contributed by atoms with Crippen LogP contribution in [0.4, 0.5) is 13.2 Å². The van der Waals surface area contributed by atoms with E-state index in [0.29, 0.717) is 4.83 Å². The van der Waals surface area contributed by atoms with Crippen LogP contribution < -0.4 is 0 Å². The van der Waals surface area contributed by atoms with Crippen molar-refractivity contribution in [1.29, 1.82) is 0 Å². The van der Waals surface area contributed by atoms with Gasteiger partial charge in [-0.05, 0) is 43.4 Å². The summed E-state index contributed by atoms with van der Waals surface area (Å²) in [6.07, 6.45) is 0.962. The first-order chi connectivity index (χ1) is 8.43. The van der Waals surface area contributed by atoms with Gasteiger partial charge in [0, 0.05) is 4.83 Å². The lowest BCUT2D eigenvalue weighted by Gasteiger charge is -2.09. The van der Waals surface area contributed by atoms with E-state index in [1.54, 1.807) is 12.1 Å². The smallest absolute Gasteiger partial charge is 0.166 e. The van der Waals surface area contributed by atoms with Gasteiger partial charge in [0.1, 0.15) is 0 Å². The van der Waals surface area contributed by atoms with Gasteiger partial charge in [0.05, 0.1) is 5.56 Å². The average molecular weight is 323 g/mol. The van der Waals surface area contributed by atoms with Crippen LogP contribution in [-0.2, 0) is 12.6 Å². The summed E-state index contributed by atoms with van der Waals surface area (Å²) in [6, 6.07) is 5.47. The topological polar surface area (TPSA) is 0 Å². The van der Waals surface area contributed by atoms with Crippen molar-refractivity contribution in [1.82, 2.24) is 0 Å². The zero-order chi connectivity index (χ0) is 13.6. The van der Waals surface area contributed by atoms with E-state index in [9.17, 15) is 13.2 Å². The Kier molecular flexibility index (Phi) is 6.19. The third-order valence-corrected chi connectivity index (χ3v) is 3.78. The number of halogens is 4. The van der Waals surface area contributed by atoms with Gasteiger partial charge in [-0.1, -0.05) is 41.4 Å². The molecule has 18 heavy (non-hydrogen) atoms. The fraction of sp³-hybridized carbons (Fsp3) is 0.571. The van der Waals surface area contributed by atoms with Gasteiger partial charge in [-0.3, -0.25) is 0 Å². The highest BCUT2D eigenvalue weighted by Crippen LogP contribution is 2.29. The minimum absolute atomic E-state index is 0.525. The maximum absolute atomic E-state index is 12.4. The first-order valence-corrected chi connectivity index (χ1v) is 7.15. The molecule has 1 aromatic carbocycles. The second-order valence-corrected chi connectivity index (χ2v) is 5.77. The molecular weight excluding hydrogens is 305 g/mol. The third kappa shape index (κ3) is 5.42. The number of rotatable bonds is 6. The second-order valence-electron chi connectivity index (χ2n) is 4.47. The summed E-state index contributed by atoms with van der Waals surface area (Å²) in [4.78, 5) is 0.525. The van der Waals surface area contributed by atoms with Crippen molar-refractivity contribution in [3.05, 3.63) is 35.4 Å². The predicted molar refractivity (Wildman–Crippen MR) is 72.0 cm³/mol. The Labute approximate surface area is 115 Å². The highest BCUT2D eigenvalue weighted by Gasteiger charge is 2.29. The Morgan fingerprint density at radius 1 is 1.11 bits per heavy atom. The molecule has 0 amide bonds. The van der Waals surface area contributed by atoms with E-state index in [-0.39, 0.29) is 0 Å². The van der Waals surface area contributed by atoms with Gasteiger partial charge in [-0.15, -0.1) is 0 Å². The van der Waals surface area contributed by atoms with Crippen LogP contribution in [0, 0.1) is 0 Å². The first-order valence-electron chi connectivity index (χ1n) is 6.23. The van der Waals surface area contributed by atoms with Gasteiger partial charge in [0.25, 0.3) is 0 Å². The number of aryl methyl sites for hydroxylation is 1. The summed E-state index contributed by atoms with van der Waals surface area (Å²) in [7, 11) is 0. The van der Waals surface area contributed by atoms with Gasteiger partial charge in [0.2, 0.25) is 0 Å². The molecule has 0 N–H and O–H groups in total. The molecule has 1 aromatic rings. The average Bonchev–Trinajstić information content (AvgIpc) is 2.29. The highest BCUT2D eigenvalue weighted by molar-refractivity contribution is 9.09. The standard InChI is InChI=1S/C14H18BrF3/c1-2-4-13(15)6-3-5-11-7-9-12(10-8-11)14(16,17)18/h7-10,13H,2-6H2,1H3. The molecule has 0 heterocycles. The summed E-state index contributed by atoms with van der Waals surface area (Å²) < 4.78 is 37.1. The molecule has 0 aromatic heterocycles. The molecule has 0 saturated carbocycles. The minimum atomic E-state index is -4.24. The summed E-state index contributed by atoms with van der Waals surface area (Å²) in [5.74, 6) is 0. The molecule has 0 aliphatic heterocycles. The van der Waals surface area contributed by atoms with Crippen molar-refractivity contribution in [2.75, 3.05) is 0 Å². The van der Waals surface area contributed by atoms with E-state index in [1.807, 2.05) is 0 Å². The lowest BCUT2D eigenvalue weighted by molar-refractivity contribution is -0.137. The van der Waals surface area contributed by atoms with Crippen LogP contribution in [-0.4, -0.2) is 4.83 Å². The number of alkyl halides is 4. The van der Waals surface area contributed by atoms with Crippen molar-refractivity contribution in [2.45, 2.75) is 50.0 Å². The zero-order valence-corrected chi connectivity index (χ0v) is 12.0. The Hall–Kier alpha value is -0.510. The van der Waals surface area contributed by atoms with E-state index >= 15 is 0 Å².